The van der Waals surface area contributed by atoms with Crippen LogP contribution in [0, 0.1) is 0 Å². The smallest absolute Gasteiger partial charge is 0.311 e. The number of benzene rings is 2. The van der Waals surface area contributed by atoms with Gasteiger partial charge in [0, 0.05) is 11.6 Å². The lowest BCUT2D eigenvalue weighted by atomic mass is 10.0. The first-order valence-electron chi connectivity index (χ1n) is 7.07. The molecule has 1 unspecified atom stereocenters. The maximum atomic E-state index is 13.6. The number of carbonyl (C=O) groups is 2. The molecular formula is C18H11O4P. The van der Waals surface area contributed by atoms with Crippen LogP contribution in [0.1, 0.15) is 0 Å². The van der Waals surface area contributed by atoms with Crippen molar-refractivity contribution in [2.75, 3.05) is 0 Å². The summed E-state index contributed by atoms with van der Waals surface area (Å²) in [5, 5.41) is 0.369. The first-order chi connectivity index (χ1) is 11.1. The van der Waals surface area contributed by atoms with E-state index in [9.17, 15) is 14.2 Å². The molecule has 1 aliphatic carbocycles. The molecule has 112 valence electrons. The summed E-state index contributed by atoms with van der Waals surface area (Å²) in [6.45, 7) is 0. The second kappa shape index (κ2) is 4.90. The van der Waals surface area contributed by atoms with Crippen molar-refractivity contribution in [3.05, 3.63) is 72.1 Å². The third-order valence-electron chi connectivity index (χ3n) is 3.87. The van der Waals surface area contributed by atoms with E-state index in [0.29, 0.717) is 11.1 Å². The number of para-hydroxylation sites is 1. The average Bonchev–Trinajstić information content (AvgIpc) is 2.57. The number of rotatable bonds is 1. The molecule has 0 saturated heterocycles. The lowest BCUT2D eigenvalue weighted by Crippen LogP contribution is -2.22. The molecule has 1 aliphatic heterocycles. The lowest BCUT2D eigenvalue weighted by Gasteiger charge is -2.29. The highest BCUT2D eigenvalue weighted by molar-refractivity contribution is 7.73. The van der Waals surface area contributed by atoms with Crippen LogP contribution in [0.4, 0.5) is 0 Å². The summed E-state index contributed by atoms with van der Waals surface area (Å²) in [5.74, 6) is -0.373. The first-order valence-corrected chi connectivity index (χ1v) is 8.69. The summed E-state index contributed by atoms with van der Waals surface area (Å²) in [6, 6.07) is 14.3. The Morgan fingerprint density at radius 1 is 0.826 bits per heavy atom. The van der Waals surface area contributed by atoms with Crippen LogP contribution in [0.3, 0.4) is 0 Å². The van der Waals surface area contributed by atoms with Gasteiger partial charge in [0.15, 0.2) is 11.6 Å². The fourth-order valence-electron chi connectivity index (χ4n) is 2.82. The minimum Gasteiger partial charge on any atom is -0.436 e. The van der Waals surface area contributed by atoms with Crippen molar-refractivity contribution in [3.8, 4) is 16.9 Å². The molecule has 1 heterocycles. The standard InChI is InChI=1S/C18H11O4P/c19-12-9-10-15(20)18(11-12)23(21)17-8-4-2-6-14(17)13-5-1-3-7-16(13)22-23/h1-11H. The van der Waals surface area contributed by atoms with E-state index in [1.165, 1.54) is 6.08 Å². The van der Waals surface area contributed by atoms with E-state index in [4.69, 9.17) is 4.52 Å². The van der Waals surface area contributed by atoms with Gasteiger partial charge in [-0.05, 0) is 29.8 Å². The Bertz CT molecular complexity index is 968. The molecule has 0 amide bonds. The summed E-state index contributed by atoms with van der Waals surface area (Å²) in [7, 11) is -3.67. The van der Waals surface area contributed by atoms with Crippen molar-refractivity contribution < 1.29 is 18.7 Å². The van der Waals surface area contributed by atoms with Crippen LogP contribution in [0.2, 0.25) is 0 Å². The van der Waals surface area contributed by atoms with Gasteiger partial charge in [-0.3, -0.25) is 14.2 Å². The Hall–Kier alpha value is -2.71. The van der Waals surface area contributed by atoms with Crippen molar-refractivity contribution in [1.82, 2.24) is 0 Å². The molecule has 4 nitrogen and oxygen atoms in total. The monoisotopic (exact) mass is 322 g/mol. The predicted octanol–water partition coefficient (Wildman–Crippen LogP) is 3.24. The Morgan fingerprint density at radius 3 is 2.35 bits per heavy atom. The maximum absolute atomic E-state index is 13.6. The van der Waals surface area contributed by atoms with Crippen molar-refractivity contribution in [3.63, 3.8) is 0 Å². The summed E-state index contributed by atoms with van der Waals surface area (Å²) in [6.07, 6.45) is 3.43. The second-order valence-corrected chi connectivity index (χ2v) is 7.53. The zero-order chi connectivity index (χ0) is 16.0. The van der Waals surface area contributed by atoms with Gasteiger partial charge in [0.05, 0.1) is 5.30 Å². The molecule has 0 fully saturated rings. The van der Waals surface area contributed by atoms with Crippen molar-refractivity contribution >= 4 is 24.2 Å². The molecule has 0 bridgehead atoms. The van der Waals surface area contributed by atoms with Crippen LogP contribution < -0.4 is 9.83 Å². The number of carbonyl (C=O) groups excluding carboxylic acids is 2. The molecule has 0 saturated carbocycles. The highest BCUT2D eigenvalue weighted by atomic mass is 31.2. The summed E-state index contributed by atoms with van der Waals surface area (Å²) >= 11 is 0. The van der Waals surface area contributed by atoms with E-state index in [1.54, 1.807) is 24.3 Å². The summed E-state index contributed by atoms with van der Waals surface area (Å²) in [4.78, 5) is 23.9. The molecule has 5 heteroatoms. The molecule has 1 atom stereocenters. The fourth-order valence-corrected chi connectivity index (χ4v) is 5.17. The summed E-state index contributed by atoms with van der Waals surface area (Å²) in [5.41, 5.74) is 1.58. The third kappa shape index (κ3) is 2.03. The average molecular weight is 322 g/mol. The number of allylic oxidation sites excluding steroid dienone is 4. The minimum absolute atomic E-state index is 0.0769. The maximum Gasteiger partial charge on any atom is 0.311 e. The number of hydrogen-bond donors (Lipinski definition) is 0. The van der Waals surface area contributed by atoms with Gasteiger partial charge in [-0.15, -0.1) is 0 Å². The normalized spacial score (nSPS) is 22.0. The largest absolute Gasteiger partial charge is 0.436 e. The van der Waals surface area contributed by atoms with E-state index in [2.05, 4.69) is 0 Å². The minimum atomic E-state index is -3.67. The van der Waals surface area contributed by atoms with Gasteiger partial charge in [-0.25, -0.2) is 0 Å². The molecule has 0 aromatic heterocycles. The van der Waals surface area contributed by atoms with E-state index in [0.717, 1.165) is 23.3 Å². The Labute approximate surface area is 132 Å². The SMILES string of the molecule is O=C1C=CC(=O)C(P2(=O)Oc3ccccc3-c3ccccc32)=C1. The van der Waals surface area contributed by atoms with Crippen LogP contribution in [0.5, 0.6) is 5.75 Å². The molecule has 2 aliphatic rings. The van der Waals surface area contributed by atoms with E-state index in [1.807, 2.05) is 24.3 Å². The van der Waals surface area contributed by atoms with Gasteiger partial charge >= 0.3 is 7.37 Å². The van der Waals surface area contributed by atoms with Crippen LogP contribution in [-0.2, 0) is 14.2 Å². The third-order valence-corrected chi connectivity index (χ3v) is 6.33. The Kier molecular flexibility index (Phi) is 2.97. The molecule has 0 spiro atoms. The fraction of sp³-hybridized carbons (Fsp3) is 0. The van der Waals surface area contributed by atoms with E-state index in [-0.39, 0.29) is 11.1 Å². The predicted molar refractivity (Wildman–Crippen MR) is 87.0 cm³/mol. The van der Waals surface area contributed by atoms with Crippen LogP contribution >= 0.6 is 7.37 Å². The van der Waals surface area contributed by atoms with Gasteiger partial charge in [-0.2, -0.15) is 0 Å². The molecule has 4 rings (SSSR count). The van der Waals surface area contributed by atoms with Gasteiger partial charge in [0.1, 0.15) is 11.1 Å². The topological polar surface area (TPSA) is 60.4 Å². The van der Waals surface area contributed by atoms with Gasteiger partial charge < -0.3 is 4.52 Å². The van der Waals surface area contributed by atoms with Crippen LogP contribution in [0.15, 0.2) is 72.1 Å². The number of hydrogen-bond acceptors (Lipinski definition) is 4. The summed E-state index contributed by atoms with van der Waals surface area (Å²) < 4.78 is 19.4. The highest BCUT2D eigenvalue weighted by Gasteiger charge is 2.42. The first kappa shape index (κ1) is 13.9. The molecule has 0 radical (unpaired) electrons. The quantitative estimate of drug-likeness (QED) is 0.597. The van der Waals surface area contributed by atoms with E-state index >= 15 is 0 Å². The second-order valence-electron chi connectivity index (χ2n) is 5.29. The van der Waals surface area contributed by atoms with Gasteiger partial charge in [0.25, 0.3) is 0 Å². The Morgan fingerprint density at radius 2 is 1.52 bits per heavy atom. The number of ketones is 2. The van der Waals surface area contributed by atoms with Gasteiger partial charge in [-0.1, -0.05) is 36.4 Å². The number of fused-ring (bicyclic) bond motifs is 3. The lowest BCUT2D eigenvalue weighted by molar-refractivity contribution is -0.114. The van der Waals surface area contributed by atoms with Crippen LogP contribution in [-0.4, -0.2) is 11.6 Å². The highest BCUT2D eigenvalue weighted by Crippen LogP contribution is 2.60. The zero-order valence-corrected chi connectivity index (χ0v) is 12.8. The molecular weight excluding hydrogens is 311 g/mol. The molecule has 0 N–H and O–H groups in total. The van der Waals surface area contributed by atoms with Crippen molar-refractivity contribution in [1.29, 1.82) is 0 Å². The Balaban J connectivity index is 2.00. The van der Waals surface area contributed by atoms with Crippen molar-refractivity contribution in [2.45, 2.75) is 0 Å². The zero-order valence-electron chi connectivity index (χ0n) is 11.9. The van der Waals surface area contributed by atoms with Crippen LogP contribution in [0.25, 0.3) is 11.1 Å². The van der Waals surface area contributed by atoms with Gasteiger partial charge in [0.2, 0.25) is 0 Å². The molecule has 23 heavy (non-hydrogen) atoms. The molecule has 2 aromatic rings. The van der Waals surface area contributed by atoms with E-state index < -0.39 is 13.2 Å². The van der Waals surface area contributed by atoms with Crippen molar-refractivity contribution in [2.24, 2.45) is 0 Å². The molecule has 2 aromatic carbocycles.